The molecule has 0 radical (unpaired) electrons. The molecule has 110 valence electrons. The number of para-hydroxylation sites is 1. The summed E-state index contributed by atoms with van der Waals surface area (Å²) in [4.78, 5) is 0. The number of rotatable bonds is 2. The number of ether oxygens (including phenoxy) is 2. The number of benzene rings is 1. The first kappa shape index (κ1) is 13.6. The zero-order chi connectivity index (χ0) is 14.2. The molecule has 1 saturated carbocycles. The van der Waals surface area contributed by atoms with Crippen molar-refractivity contribution in [2.24, 2.45) is 5.73 Å². The Morgan fingerprint density at radius 3 is 2.45 bits per heavy atom. The highest BCUT2D eigenvalue weighted by Gasteiger charge is 2.45. The Hall–Kier alpha value is -1.36. The van der Waals surface area contributed by atoms with Gasteiger partial charge in [-0.1, -0.05) is 12.1 Å². The van der Waals surface area contributed by atoms with Gasteiger partial charge in [0.25, 0.3) is 0 Å². The number of alkyl halides is 2. The molecule has 3 rings (SSSR count). The first-order valence-corrected chi connectivity index (χ1v) is 7.03. The maximum Gasteiger partial charge on any atom is 0.248 e. The molecule has 0 atom stereocenters. The van der Waals surface area contributed by atoms with Crippen molar-refractivity contribution in [1.82, 2.24) is 0 Å². The number of fused-ring (bicyclic) bond motifs is 1. The molecule has 1 aromatic carbocycles. The molecule has 1 heterocycles. The summed E-state index contributed by atoms with van der Waals surface area (Å²) < 4.78 is 38.2. The van der Waals surface area contributed by atoms with Gasteiger partial charge in [-0.15, -0.1) is 0 Å². The summed E-state index contributed by atoms with van der Waals surface area (Å²) in [6.07, 6.45) is 0.538. The van der Waals surface area contributed by atoms with E-state index in [1.54, 1.807) is 0 Å². The van der Waals surface area contributed by atoms with Gasteiger partial charge in [0.05, 0.1) is 0 Å². The van der Waals surface area contributed by atoms with Gasteiger partial charge < -0.3 is 15.2 Å². The normalized spacial score (nSPS) is 23.4. The molecule has 0 spiro atoms. The van der Waals surface area contributed by atoms with Crippen molar-refractivity contribution in [2.45, 2.75) is 37.0 Å². The summed E-state index contributed by atoms with van der Waals surface area (Å²) in [5, 5.41) is 0. The molecule has 3 nitrogen and oxygen atoms in total. The number of nitrogens with two attached hydrogens (primary N) is 1. The fourth-order valence-electron chi connectivity index (χ4n) is 3.17. The van der Waals surface area contributed by atoms with Crippen LogP contribution < -0.4 is 15.2 Å². The minimum atomic E-state index is -2.56. The Balaban J connectivity index is 1.98. The van der Waals surface area contributed by atoms with Crippen LogP contribution in [0.3, 0.4) is 0 Å². The standard InChI is InChI=1S/C15H19F2NO2/c16-15(17)6-4-14(10-18,5-7-15)11-2-1-3-12-13(11)20-9-8-19-12/h1-3H,4-10,18H2. The van der Waals surface area contributed by atoms with Crippen molar-refractivity contribution in [2.75, 3.05) is 19.8 Å². The Bertz CT molecular complexity index is 495. The fraction of sp³-hybridized carbons (Fsp3) is 0.600. The van der Waals surface area contributed by atoms with Crippen LogP contribution in [0.4, 0.5) is 8.78 Å². The van der Waals surface area contributed by atoms with Gasteiger partial charge in [-0.05, 0) is 18.9 Å². The van der Waals surface area contributed by atoms with Crippen molar-refractivity contribution in [3.8, 4) is 11.5 Å². The van der Waals surface area contributed by atoms with E-state index in [-0.39, 0.29) is 12.8 Å². The SMILES string of the molecule is NCC1(c2cccc3c2OCCO3)CCC(F)(F)CC1. The lowest BCUT2D eigenvalue weighted by atomic mass is 9.68. The summed E-state index contributed by atoms with van der Waals surface area (Å²) in [6.45, 7) is 1.36. The summed E-state index contributed by atoms with van der Waals surface area (Å²) in [7, 11) is 0. The van der Waals surface area contributed by atoms with E-state index < -0.39 is 11.3 Å². The molecule has 0 aromatic heterocycles. The predicted molar refractivity (Wildman–Crippen MR) is 71.6 cm³/mol. The van der Waals surface area contributed by atoms with Crippen LogP contribution in [0.1, 0.15) is 31.2 Å². The number of hydrogen-bond donors (Lipinski definition) is 1. The third kappa shape index (κ3) is 2.24. The van der Waals surface area contributed by atoms with Crippen molar-refractivity contribution >= 4 is 0 Å². The van der Waals surface area contributed by atoms with E-state index in [1.165, 1.54) is 0 Å². The van der Waals surface area contributed by atoms with Gasteiger partial charge in [-0.3, -0.25) is 0 Å². The van der Waals surface area contributed by atoms with Gasteiger partial charge in [-0.2, -0.15) is 0 Å². The monoisotopic (exact) mass is 283 g/mol. The van der Waals surface area contributed by atoms with Crippen molar-refractivity contribution in [1.29, 1.82) is 0 Å². The Morgan fingerprint density at radius 2 is 1.75 bits per heavy atom. The van der Waals surface area contributed by atoms with Crippen LogP contribution in [-0.2, 0) is 5.41 Å². The van der Waals surface area contributed by atoms with E-state index in [9.17, 15) is 8.78 Å². The Labute approximate surface area is 117 Å². The van der Waals surface area contributed by atoms with Gasteiger partial charge in [0.1, 0.15) is 13.2 Å². The third-order valence-corrected chi connectivity index (χ3v) is 4.47. The highest BCUT2D eigenvalue weighted by molar-refractivity contribution is 5.51. The van der Waals surface area contributed by atoms with E-state index >= 15 is 0 Å². The quantitative estimate of drug-likeness (QED) is 0.907. The average molecular weight is 283 g/mol. The molecule has 0 saturated heterocycles. The van der Waals surface area contributed by atoms with Crippen LogP contribution in [0.25, 0.3) is 0 Å². The molecular weight excluding hydrogens is 264 g/mol. The van der Waals surface area contributed by atoms with Gasteiger partial charge >= 0.3 is 0 Å². The predicted octanol–water partition coefficient (Wildman–Crippen LogP) is 2.86. The number of hydrogen-bond acceptors (Lipinski definition) is 3. The molecule has 2 N–H and O–H groups in total. The van der Waals surface area contributed by atoms with E-state index in [1.807, 2.05) is 18.2 Å². The second-order valence-electron chi connectivity index (χ2n) is 5.67. The fourth-order valence-corrected chi connectivity index (χ4v) is 3.17. The summed E-state index contributed by atoms with van der Waals surface area (Å²) >= 11 is 0. The van der Waals surface area contributed by atoms with Crippen LogP contribution in [-0.4, -0.2) is 25.7 Å². The van der Waals surface area contributed by atoms with E-state index in [4.69, 9.17) is 15.2 Å². The van der Waals surface area contributed by atoms with Gasteiger partial charge in [-0.25, -0.2) is 8.78 Å². The van der Waals surface area contributed by atoms with Crippen LogP contribution in [0, 0.1) is 0 Å². The lowest BCUT2D eigenvalue weighted by molar-refractivity contribution is -0.0513. The Kier molecular flexibility index (Phi) is 3.32. The minimum Gasteiger partial charge on any atom is -0.486 e. The zero-order valence-corrected chi connectivity index (χ0v) is 11.3. The molecule has 1 fully saturated rings. The maximum atomic E-state index is 13.4. The smallest absolute Gasteiger partial charge is 0.248 e. The van der Waals surface area contributed by atoms with Crippen molar-refractivity contribution < 1.29 is 18.3 Å². The summed E-state index contributed by atoms with van der Waals surface area (Å²) in [6, 6.07) is 5.66. The van der Waals surface area contributed by atoms with Crippen molar-refractivity contribution in [3.05, 3.63) is 23.8 Å². The molecule has 5 heteroatoms. The van der Waals surface area contributed by atoms with E-state index in [0.29, 0.717) is 44.1 Å². The highest BCUT2D eigenvalue weighted by atomic mass is 19.3. The van der Waals surface area contributed by atoms with E-state index in [2.05, 4.69) is 0 Å². The molecule has 1 aliphatic heterocycles. The summed E-state index contributed by atoms with van der Waals surface area (Å²) in [5.41, 5.74) is 6.45. The van der Waals surface area contributed by atoms with Gasteiger partial charge in [0.15, 0.2) is 11.5 Å². The molecule has 0 bridgehead atoms. The topological polar surface area (TPSA) is 44.5 Å². The zero-order valence-electron chi connectivity index (χ0n) is 11.3. The highest BCUT2D eigenvalue weighted by Crippen LogP contribution is 2.49. The second-order valence-corrected chi connectivity index (χ2v) is 5.67. The minimum absolute atomic E-state index is 0.116. The van der Waals surface area contributed by atoms with Crippen LogP contribution >= 0.6 is 0 Å². The Morgan fingerprint density at radius 1 is 1.05 bits per heavy atom. The summed E-state index contributed by atoms with van der Waals surface area (Å²) in [5.74, 6) is -1.18. The molecule has 1 aromatic rings. The molecule has 2 aliphatic rings. The average Bonchev–Trinajstić information content (AvgIpc) is 2.48. The lowest BCUT2D eigenvalue weighted by Crippen LogP contribution is -2.42. The second kappa shape index (κ2) is 4.88. The van der Waals surface area contributed by atoms with Crippen LogP contribution in [0.2, 0.25) is 0 Å². The van der Waals surface area contributed by atoms with Crippen LogP contribution in [0.5, 0.6) is 11.5 Å². The largest absolute Gasteiger partial charge is 0.486 e. The molecule has 1 aliphatic carbocycles. The maximum absolute atomic E-state index is 13.4. The van der Waals surface area contributed by atoms with Crippen LogP contribution in [0.15, 0.2) is 18.2 Å². The molecular formula is C15H19F2NO2. The molecule has 20 heavy (non-hydrogen) atoms. The van der Waals surface area contributed by atoms with Gasteiger partial charge in [0.2, 0.25) is 5.92 Å². The number of halogens is 2. The van der Waals surface area contributed by atoms with Crippen molar-refractivity contribution in [3.63, 3.8) is 0 Å². The third-order valence-electron chi connectivity index (χ3n) is 4.47. The lowest BCUT2D eigenvalue weighted by Gasteiger charge is -2.41. The van der Waals surface area contributed by atoms with Gasteiger partial charge in [0, 0.05) is 30.4 Å². The molecule has 0 amide bonds. The first-order chi connectivity index (χ1) is 9.56. The first-order valence-electron chi connectivity index (χ1n) is 7.03. The van der Waals surface area contributed by atoms with E-state index in [0.717, 1.165) is 5.56 Å². The molecule has 0 unspecified atom stereocenters.